The summed E-state index contributed by atoms with van der Waals surface area (Å²) in [6.45, 7) is 0. The third-order valence-corrected chi connectivity index (χ3v) is 4.04. The Balaban J connectivity index is 2.26. The number of halogens is 2. The van der Waals surface area contributed by atoms with Crippen molar-refractivity contribution in [3.8, 4) is 0 Å². The van der Waals surface area contributed by atoms with Gasteiger partial charge >= 0.3 is 0 Å². The molecule has 0 aliphatic rings. The first-order valence-corrected chi connectivity index (χ1v) is 7.18. The van der Waals surface area contributed by atoms with Crippen LogP contribution in [0.1, 0.15) is 17.3 Å². The van der Waals surface area contributed by atoms with E-state index in [-0.39, 0.29) is 6.04 Å². The molecular formula is C14H14ClIN2. The Morgan fingerprint density at radius 1 is 1.33 bits per heavy atom. The molecule has 2 nitrogen and oxygen atoms in total. The molecule has 0 saturated carbocycles. The molecule has 0 aliphatic heterocycles. The second-order valence-electron chi connectivity index (χ2n) is 4.03. The molecule has 1 aromatic heterocycles. The summed E-state index contributed by atoms with van der Waals surface area (Å²) in [4.78, 5) is 4.37. The predicted octanol–water partition coefficient (Wildman–Crippen LogP) is 3.84. The predicted molar refractivity (Wildman–Crippen MR) is 83.9 cm³/mol. The van der Waals surface area contributed by atoms with Crippen molar-refractivity contribution in [1.29, 1.82) is 0 Å². The Morgan fingerprint density at radius 3 is 2.83 bits per heavy atom. The molecule has 0 radical (unpaired) electrons. The summed E-state index contributed by atoms with van der Waals surface area (Å²) in [6, 6.07) is 12.2. The first kappa shape index (κ1) is 13.8. The smallest absolute Gasteiger partial charge is 0.0422 e. The molecule has 0 spiro atoms. The highest BCUT2D eigenvalue weighted by atomic mass is 127. The van der Waals surface area contributed by atoms with E-state index in [0.717, 1.165) is 17.1 Å². The Bertz CT molecular complexity index is 516. The van der Waals surface area contributed by atoms with Crippen LogP contribution in [0.3, 0.4) is 0 Å². The number of likely N-dealkylation sites (N-methyl/N-ethyl adjacent to an activating group) is 1. The van der Waals surface area contributed by atoms with Crippen LogP contribution in [0.5, 0.6) is 0 Å². The van der Waals surface area contributed by atoms with E-state index < -0.39 is 0 Å². The zero-order valence-corrected chi connectivity index (χ0v) is 12.9. The van der Waals surface area contributed by atoms with Gasteiger partial charge in [-0.05, 0) is 65.5 Å². The fourth-order valence-electron chi connectivity index (χ4n) is 1.88. The second kappa shape index (κ2) is 6.50. The number of benzene rings is 1. The molecule has 2 aromatic rings. The van der Waals surface area contributed by atoms with Crippen LogP contribution < -0.4 is 5.32 Å². The summed E-state index contributed by atoms with van der Waals surface area (Å²) in [5.74, 6) is 0. The first-order chi connectivity index (χ1) is 8.70. The van der Waals surface area contributed by atoms with Gasteiger partial charge in [0.2, 0.25) is 0 Å². The number of hydrogen-bond acceptors (Lipinski definition) is 2. The highest BCUT2D eigenvalue weighted by molar-refractivity contribution is 14.1. The van der Waals surface area contributed by atoms with Gasteiger partial charge in [-0.3, -0.25) is 4.98 Å². The molecule has 1 heterocycles. The van der Waals surface area contributed by atoms with Crippen molar-refractivity contribution >= 4 is 34.2 Å². The summed E-state index contributed by atoms with van der Waals surface area (Å²) in [5, 5.41) is 4.10. The van der Waals surface area contributed by atoms with Crippen LogP contribution in [-0.2, 0) is 6.42 Å². The maximum atomic E-state index is 6.07. The van der Waals surface area contributed by atoms with E-state index in [1.165, 1.54) is 9.13 Å². The SMILES string of the molecule is CNC(Cc1ccccn1)c1cc(Cl)ccc1I. The third-order valence-electron chi connectivity index (χ3n) is 2.82. The number of nitrogens with zero attached hydrogens (tertiary/aromatic N) is 1. The average Bonchev–Trinajstić information content (AvgIpc) is 2.40. The number of rotatable bonds is 4. The third kappa shape index (κ3) is 3.43. The van der Waals surface area contributed by atoms with E-state index in [0.29, 0.717) is 0 Å². The van der Waals surface area contributed by atoms with Gasteiger partial charge in [-0.1, -0.05) is 17.7 Å². The van der Waals surface area contributed by atoms with Crippen LogP contribution in [0.25, 0.3) is 0 Å². The van der Waals surface area contributed by atoms with E-state index in [4.69, 9.17) is 11.6 Å². The Kier molecular flexibility index (Phi) is 4.97. The molecule has 18 heavy (non-hydrogen) atoms. The minimum absolute atomic E-state index is 0.227. The lowest BCUT2D eigenvalue weighted by Gasteiger charge is -2.18. The molecule has 1 atom stereocenters. The summed E-state index contributed by atoms with van der Waals surface area (Å²) in [5.41, 5.74) is 2.30. The lowest BCUT2D eigenvalue weighted by Crippen LogP contribution is -2.20. The van der Waals surface area contributed by atoms with Crippen LogP contribution in [-0.4, -0.2) is 12.0 Å². The molecule has 0 bridgehead atoms. The average molecular weight is 373 g/mol. The molecule has 1 unspecified atom stereocenters. The van der Waals surface area contributed by atoms with Crippen molar-refractivity contribution in [2.45, 2.75) is 12.5 Å². The summed E-state index contributed by atoms with van der Waals surface area (Å²) < 4.78 is 1.22. The van der Waals surface area contributed by atoms with Crippen molar-refractivity contribution in [3.63, 3.8) is 0 Å². The van der Waals surface area contributed by atoms with E-state index >= 15 is 0 Å². The monoisotopic (exact) mass is 372 g/mol. The fourth-order valence-corrected chi connectivity index (χ4v) is 2.77. The van der Waals surface area contributed by atoms with Gasteiger partial charge in [0.15, 0.2) is 0 Å². The zero-order valence-electron chi connectivity index (χ0n) is 10.0. The lowest BCUT2D eigenvalue weighted by atomic mass is 10.0. The van der Waals surface area contributed by atoms with E-state index in [1.807, 2.05) is 49.6 Å². The molecule has 0 aliphatic carbocycles. The minimum Gasteiger partial charge on any atom is -0.313 e. The lowest BCUT2D eigenvalue weighted by molar-refractivity contribution is 0.582. The number of aromatic nitrogens is 1. The van der Waals surface area contributed by atoms with Gasteiger partial charge in [-0.15, -0.1) is 0 Å². The van der Waals surface area contributed by atoms with Crippen molar-refractivity contribution in [3.05, 3.63) is 62.4 Å². The summed E-state index contributed by atoms with van der Waals surface area (Å²) >= 11 is 8.41. The van der Waals surface area contributed by atoms with E-state index in [2.05, 4.69) is 32.9 Å². The van der Waals surface area contributed by atoms with Gasteiger partial charge in [0.05, 0.1) is 0 Å². The topological polar surface area (TPSA) is 24.9 Å². The first-order valence-electron chi connectivity index (χ1n) is 5.73. The molecule has 2 rings (SSSR count). The van der Waals surface area contributed by atoms with Gasteiger partial charge in [-0.25, -0.2) is 0 Å². The van der Waals surface area contributed by atoms with Crippen LogP contribution in [0.4, 0.5) is 0 Å². The van der Waals surface area contributed by atoms with Gasteiger partial charge in [0.1, 0.15) is 0 Å². The second-order valence-corrected chi connectivity index (χ2v) is 5.63. The highest BCUT2D eigenvalue weighted by Gasteiger charge is 2.14. The molecule has 4 heteroatoms. The molecule has 0 fully saturated rings. The van der Waals surface area contributed by atoms with Crippen LogP contribution in [0, 0.1) is 3.57 Å². The van der Waals surface area contributed by atoms with Gasteiger partial charge in [0.25, 0.3) is 0 Å². The minimum atomic E-state index is 0.227. The van der Waals surface area contributed by atoms with Crippen LogP contribution >= 0.6 is 34.2 Å². The van der Waals surface area contributed by atoms with Crippen LogP contribution in [0.2, 0.25) is 5.02 Å². The molecule has 1 aromatic carbocycles. The van der Waals surface area contributed by atoms with Gasteiger partial charge < -0.3 is 5.32 Å². The largest absolute Gasteiger partial charge is 0.313 e. The Morgan fingerprint density at radius 2 is 2.17 bits per heavy atom. The molecular weight excluding hydrogens is 359 g/mol. The number of pyridine rings is 1. The van der Waals surface area contributed by atoms with E-state index in [9.17, 15) is 0 Å². The Labute approximate surface area is 126 Å². The van der Waals surface area contributed by atoms with Gasteiger partial charge in [-0.2, -0.15) is 0 Å². The Hall–Kier alpha value is -0.650. The fraction of sp³-hybridized carbons (Fsp3) is 0.214. The zero-order chi connectivity index (χ0) is 13.0. The molecule has 0 saturated heterocycles. The van der Waals surface area contributed by atoms with E-state index in [1.54, 1.807) is 0 Å². The summed E-state index contributed by atoms with van der Waals surface area (Å²) in [6.07, 6.45) is 2.68. The standard InChI is InChI=1S/C14H14ClIN2/c1-17-14(9-11-4-2-3-7-18-11)12-8-10(15)5-6-13(12)16/h2-8,14,17H,9H2,1H3. The van der Waals surface area contributed by atoms with Crippen molar-refractivity contribution in [2.24, 2.45) is 0 Å². The normalized spacial score (nSPS) is 12.4. The van der Waals surface area contributed by atoms with Crippen molar-refractivity contribution in [2.75, 3.05) is 7.05 Å². The highest BCUT2D eigenvalue weighted by Crippen LogP contribution is 2.25. The van der Waals surface area contributed by atoms with Crippen molar-refractivity contribution in [1.82, 2.24) is 10.3 Å². The maximum absolute atomic E-state index is 6.07. The van der Waals surface area contributed by atoms with Gasteiger partial charge in [0, 0.05) is 32.9 Å². The van der Waals surface area contributed by atoms with Crippen LogP contribution in [0.15, 0.2) is 42.6 Å². The quantitative estimate of drug-likeness (QED) is 0.825. The van der Waals surface area contributed by atoms with Crippen molar-refractivity contribution < 1.29 is 0 Å². The number of nitrogens with one attached hydrogen (secondary N) is 1. The summed E-state index contributed by atoms with van der Waals surface area (Å²) in [7, 11) is 1.96. The maximum Gasteiger partial charge on any atom is 0.0422 e. The number of hydrogen-bond donors (Lipinski definition) is 1. The molecule has 94 valence electrons. The molecule has 0 amide bonds. The molecule has 1 N–H and O–H groups in total.